The Bertz CT molecular complexity index is 634. The minimum atomic E-state index is 0.226. The molecule has 0 aliphatic carbocycles. The van der Waals surface area contributed by atoms with Gasteiger partial charge in [-0.15, -0.1) is 0 Å². The zero-order valence-electron chi connectivity index (χ0n) is 13.5. The number of rotatable bonds is 7. The van der Waals surface area contributed by atoms with E-state index in [-0.39, 0.29) is 5.95 Å². The maximum Gasteiger partial charge on any atom is 0.229 e. The van der Waals surface area contributed by atoms with Crippen molar-refractivity contribution < 1.29 is 4.74 Å². The summed E-state index contributed by atoms with van der Waals surface area (Å²) in [5.74, 6) is 2.21. The second-order valence-electron chi connectivity index (χ2n) is 5.34. The second-order valence-corrected chi connectivity index (χ2v) is 5.78. The van der Waals surface area contributed by atoms with E-state index < -0.39 is 0 Å². The highest BCUT2D eigenvalue weighted by molar-refractivity contribution is 6.30. The van der Waals surface area contributed by atoms with Gasteiger partial charge in [0, 0.05) is 25.7 Å². The van der Waals surface area contributed by atoms with E-state index in [1.54, 1.807) is 17.0 Å². The van der Waals surface area contributed by atoms with Gasteiger partial charge in [-0.25, -0.2) is 0 Å². The van der Waals surface area contributed by atoms with Gasteiger partial charge in [0.05, 0.1) is 6.54 Å². The number of ether oxygens (including phenoxy) is 1. The molecule has 0 unspecified atom stereocenters. The Hall–Kier alpha value is -2.12. The standard InChI is InChI=1S/C15H21ClN6O/c1-21(2)15-19-13(18-14(17)20-15)10-22(3)8-9-23-12-6-4-11(16)5-7-12/h4-7H,8-10H2,1-3H3,(H2,17,18,19,20). The Morgan fingerprint density at radius 1 is 1.09 bits per heavy atom. The predicted molar refractivity (Wildman–Crippen MR) is 91.8 cm³/mol. The first-order chi connectivity index (χ1) is 10.9. The van der Waals surface area contributed by atoms with Crippen molar-refractivity contribution in [3.63, 3.8) is 0 Å². The number of nitrogens with two attached hydrogens (primary N) is 1. The number of aromatic nitrogens is 3. The Balaban J connectivity index is 1.84. The van der Waals surface area contributed by atoms with Gasteiger partial charge < -0.3 is 15.4 Å². The Kier molecular flexibility index (Phi) is 5.95. The maximum atomic E-state index is 5.84. The average molecular weight is 337 g/mol. The highest BCUT2D eigenvalue weighted by Gasteiger charge is 2.09. The summed E-state index contributed by atoms with van der Waals surface area (Å²) >= 11 is 5.84. The van der Waals surface area contributed by atoms with Gasteiger partial charge in [0.1, 0.15) is 18.2 Å². The second kappa shape index (κ2) is 7.94. The number of likely N-dealkylation sites (N-methyl/N-ethyl adjacent to an activating group) is 1. The molecule has 0 saturated heterocycles. The molecule has 1 aromatic heterocycles. The summed E-state index contributed by atoms with van der Waals surface area (Å²) < 4.78 is 5.67. The summed E-state index contributed by atoms with van der Waals surface area (Å²) in [5, 5.41) is 0.693. The van der Waals surface area contributed by atoms with Gasteiger partial charge in [0.25, 0.3) is 0 Å². The molecule has 2 N–H and O–H groups in total. The van der Waals surface area contributed by atoms with E-state index in [0.717, 1.165) is 12.3 Å². The van der Waals surface area contributed by atoms with Crippen LogP contribution in [0, 0.1) is 0 Å². The first-order valence-corrected chi connectivity index (χ1v) is 7.56. The first kappa shape index (κ1) is 17.2. The number of halogens is 1. The van der Waals surface area contributed by atoms with Crippen LogP contribution in [-0.4, -0.2) is 54.1 Å². The number of hydrogen-bond donors (Lipinski definition) is 1. The molecule has 0 amide bonds. The lowest BCUT2D eigenvalue weighted by molar-refractivity contribution is 0.229. The van der Waals surface area contributed by atoms with Gasteiger partial charge in [-0.3, -0.25) is 4.90 Å². The van der Waals surface area contributed by atoms with Crippen molar-refractivity contribution in [3.8, 4) is 5.75 Å². The van der Waals surface area contributed by atoms with Crippen molar-refractivity contribution in [2.24, 2.45) is 0 Å². The normalized spacial score (nSPS) is 10.8. The predicted octanol–water partition coefficient (Wildman–Crippen LogP) is 1.68. The summed E-state index contributed by atoms with van der Waals surface area (Å²) in [6.07, 6.45) is 0. The van der Waals surface area contributed by atoms with E-state index in [1.807, 2.05) is 33.3 Å². The molecule has 0 radical (unpaired) electrons. The maximum absolute atomic E-state index is 5.84. The van der Waals surface area contributed by atoms with Gasteiger partial charge in [-0.2, -0.15) is 15.0 Å². The van der Waals surface area contributed by atoms with Crippen molar-refractivity contribution in [1.82, 2.24) is 19.9 Å². The molecule has 2 rings (SSSR count). The highest BCUT2D eigenvalue weighted by atomic mass is 35.5. The molecule has 2 aromatic rings. The molecule has 0 saturated carbocycles. The summed E-state index contributed by atoms with van der Waals surface area (Å²) in [6.45, 7) is 1.85. The fourth-order valence-corrected chi connectivity index (χ4v) is 1.99. The van der Waals surface area contributed by atoms with Gasteiger partial charge >= 0.3 is 0 Å². The number of hydrogen-bond acceptors (Lipinski definition) is 7. The number of benzene rings is 1. The lowest BCUT2D eigenvalue weighted by Crippen LogP contribution is -2.26. The van der Waals surface area contributed by atoms with E-state index in [9.17, 15) is 0 Å². The van der Waals surface area contributed by atoms with Gasteiger partial charge in [-0.05, 0) is 31.3 Å². The van der Waals surface area contributed by atoms with E-state index in [2.05, 4.69) is 19.9 Å². The van der Waals surface area contributed by atoms with E-state index >= 15 is 0 Å². The van der Waals surface area contributed by atoms with Crippen molar-refractivity contribution in [1.29, 1.82) is 0 Å². The molecule has 0 aliphatic heterocycles. The third-order valence-electron chi connectivity index (χ3n) is 3.05. The molecule has 0 bridgehead atoms. The molecule has 0 fully saturated rings. The van der Waals surface area contributed by atoms with E-state index in [0.29, 0.717) is 29.9 Å². The number of nitrogen functional groups attached to an aromatic ring is 1. The van der Waals surface area contributed by atoms with Crippen LogP contribution in [0.3, 0.4) is 0 Å². The van der Waals surface area contributed by atoms with Gasteiger partial charge in [0.15, 0.2) is 0 Å². The molecule has 8 heteroatoms. The minimum Gasteiger partial charge on any atom is -0.492 e. The summed E-state index contributed by atoms with van der Waals surface area (Å²) in [4.78, 5) is 16.5. The number of nitrogens with zero attached hydrogens (tertiary/aromatic N) is 5. The van der Waals surface area contributed by atoms with Crippen LogP contribution < -0.4 is 15.4 Å². The highest BCUT2D eigenvalue weighted by Crippen LogP contribution is 2.15. The van der Waals surface area contributed by atoms with Crippen LogP contribution in [-0.2, 0) is 6.54 Å². The fraction of sp³-hybridized carbons (Fsp3) is 0.400. The zero-order valence-corrected chi connectivity index (χ0v) is 14.3. The molecule has 0 atom stereocenters. The molecule has 1 heterocycles. The Labute approximate surface area is 141 Å². The monoisotopic (exact) mass is 336 g/mol. The van der Waals surface area contributed by atoms with Gasteiger partial charge in [0.2, 0.25) is 11.9 Å². The summed E-state index contributed by atoms with van der Waals surface area (Å²) in [5.41, 5.74) is 5.72. The van der Waals surface area contributed by atoms with Crippen LogP contribution >= 0.6 is 11.6 Å². The molecule has 1 aromatic carbocycles. The number of anilines is 2. The topological polar surface area (TPSA) is 80.4 Å². The minimum absolute atomic E-state index is 0.226. The lowest BCUT2D eigenvalue weighted by Gasteiger charge is -2.17. The molecular weight excluding hydrogens is 316 g/mol. The molecular formula is C15H21ClN6O. The van der Waals surface area contributed by atoms with Gasteiger partial charge in [-0.1, -0.05) is 11.6 Å². The molecule has 0 aliphatic rings. The van der Waals surface area contributed by atoms with Crippen molar-refractivity contribution >= 4 is 23.5 Å². The molecule has 7 nitrogen and oxygen atoms in total. The largest absolute Gasteiger partial charge is 0.492 e. The Morgan fingerprint density at radius 3 is 2.43 bits per heavy atom. The quantitative estimate of drug-likeness (QED) is 0.823. The van der Waals surface area contributed by atoms with E-state index in [4.69, 9.17) is 22.1 Å². The molecule has 23 heavy (non-hydrogen) atoms. The smallest absolute Gasteiger partial charge is 0.229 e. The first-order valence-electron chi connectivity index (χ1n) is 7.18. The molecule has 124 valence electrons. The summed E-state index contributed by atoms with van der Waals surface area (Å²) in [6, 6.07) is 7.30. The van der Waals surface area contributed by atoms with Crippen molar-refractivity contribution in [2.45, 2.75) is 6.54 Å². The van der Waals surface area contributed by atoms with Crippen LogP contribution in [0.25, 0.3) is 0 Å². The lowest BCUT2D eigenvalue weighted by atomic mass is 10.3. The summed E-state index contributed by atoms with van der Waals surface area (Å²) in [7, 11) is 5.70. The molecule has 0 spiro atoms. The van der Waals surface area contributed by atoms with Crippen molar-refractivity contribution in [2.75, 3.05) is 44.9 Å². The fourth-order valence-electron chi connectivity index (χ4n) is 1.87. The Morgan fingerprint density at radius 2 is 1.78 bits per heavy atom. The van der Waals surface area contributed by atoms with Crippen LogP contribution in [0.4, 0.5) is 11.9 Å². The SMILES string of the molecule is CN(CCOc1ccc(Cl)cc1)Cc1nc(N)nc(N(C)C)n1. The van der Waals surface area contributed by atoms with Crippen LogP contribution in [0.1, 0.15) is 5.82 Å². The zero-order chi connectivity index (χ0) is 16.8. The third-order valence-corrected chi connectivity index (χ3v) is 3.31. The van der Waals surface area contributed by atoms with Crippen LogP contribution in [0.5, 0.6) is 5.75 Å². The van der Waals surface area contributed by atoms with Crippen molar-refractivity contribution in [3.05, 3.63) is 35.1 Å². The van der Waals surface area contributed by atoms with E-state index in [1.165, 1.54) is 0 Å². The third kappa shape index (κ3) is 5.54. The van der Waals surface area contributed by atoms with Crippen LogP contribution in [0.15, 0.2) is 24.3 Å². The van der Waals surface area contributed by atoms with Crippen LogP contribution in [0.2, 0.25) is 5.02 Å². The average Bonchev–Trinajstić information content (AvgIpc) is 2.48.